The van der Waals surface area contributed by atoms with Crippen LogP contribution in [-0.2, 0) is 6.54 Å². The molecule has 0 unspecified atom stereocenters. The fourth-order valence-electron chi connectivity index (χ4n) is 1.81. The molecule has 0 aliphatic heterocycles. The number of nitrogens with two attached hydrogens (primary N) is 1. The van der Waals surface area contributed by atoms with Crippen molar-refractivity contribution in [2.45, 2.75) is 13.5 Å². The van der Waals surface area contributed by atoms with Crippen LogP contribution >= 0.6 is 23.6 Å². The second-order valence-corrected chi connectivity index (χ2v) is 5.48. The van der Waals surface area contributed by atoms with Crippen molar-refractivity contribution in [3.8, 4) is 0 Å². The third-order valence-electron chi connectivity index (χ3n) is 2.83. The Kier molecular flexibility index (Phi) is 4.33. The third-order valence-corrected chi connectivity index (χ3v) is 3.92. The molecule has 4 heteroatoms. The van der Waals surface area contributed by atoms with Gasteiger partial charge >= 0.3 is 0 Å². The van der Waals surface area contributed by atoms with E-state index in [1.54, 1.807) is 11.3 Å². The number of hydrogen-bond acceptors (Lipinski definition) is 3. The maximum absolute atomic E-state index is 5.60. The second-order valence-electron chi connectivity index (χ2n) is 4.00. The summed E-state index contributed by atoms with van der Waals surface area (Å²) in [6.45, 7) is 4.08. The van der Waals surface area contributed by atoms with Crippen molar-refractivity contribution in [3.63, 3.8) is 0 Å². The Bertz CT molecular complexity index is 503. The fraction of sp³-hybridized carbons (Fsp3) is 0.214. The monoisotopic (exact) mass is 276 g/mol. The average Bonchev–Trinajstić information content (AvgIpc) is 2.89. The van der Waals surface area contributed by atoms with Crippen LogP contribution in [0.25, 0.3) is 0 Å². The molecule has 2 nitrogen and oxygen atoms in total. The molecule has 0 bridgehead atoms. The number of benzene rings is 1. The maximum atomic E-state index is 5.60. The van der Waals surface area contributed by atoms with Crippen LogP contribution in [0.2, 0.25) is 0 Å². The average molecular weight is 276 g/mol. The zero-order chi connectivity index (χ0) is 13.0. The van der Waals surface area contributed by atoms with Crippen LogP contribution < -0.4 is 10.6 Å². The molecule has 0 aliphatic rings. The molecular formula is C14H16N2S2. The molecule has 1 heterocycles. The topological polar surface area (TPSA) is 29.3 Å². The van der Waals surface area contributed by atoms with Gasteiger partial charge in [0.25, 0.3) is 0 Å². The third kappa shape index (κ3) is 3.09. The Hall–Kier alpha value is -1.39. The van der Waals surface area contributed by atoms with E-state index in [2.05, 4.69) is 41.5 Å². The van der Waals surface area contributed by atoms with E-state index in [9.17, 15) is 0 Å². The molecule has 18 heavy (non-hydrogen) atoms. The van der Waals surface area contributed by atoms with Gasteiger partial charge in [-0.05, 0) is 42.6 Å². The van der Waals surface area contributed by atoms with E-state index < -0.39 is 0 Å². The van der Waals surface area contributed by atoms with Crippen molar-refractivity contribution in [2.75, 3.05) is 11.4 Å². The highest BCUT2D eigenvalue weighted by Crippen LogP contribution is 2.20. The molecule has 0 fully saturated rings. The van der Waals surface area contributed by atoms with Crippen LogP contribution in [-0.4, -0.2) is 11.5 Å². The molecule has 0 saturated heterocycles. The fourth-order valence-corrected chi connectivity index (χ4v) is 2.67. The molecule has 0 saturated carbocycles. The Labute approximate surface area is 117 Å². The van der Waals surface area contributed by atoms with E-state index in [4.69, 9.17) is 18.0 Å². The van der Waals surface area contributed by atoms with E-state index >= 15 is 0 Å². The maximum Gasteiger partial charge on any atom is 0.103 e. The molecule has 94 valence electrons. The van der Waals surface area contributed by atoms with Crippen LogP contribution in [0.4, 0.5) is 5.69 Å². The molecule has 0 spiro atoms. The molecule has 0 aliphatic carbocycles. The van der Waals surface area contributed by atoms with Crippen LogP contribution in [0.3, 0.4) is 0 Å². The summed E-state index contributed by atoms with van der Waals surface area (Å²) in [4.78, 5) is 4.15. The molecule has 2 aromatic rings. The molecule has 1 aromatic carbocycles. The van der Waals surface area contributed by atoms with Crippen LogP contribution in [0.1, 0.15) is 17.4 Å². The lowest BCUT2D eigenvalue weighted by molar-refractivity contribution is 0.842. The molecular weight excluding hydrogens is 260 g/mol. The lowest BCUT2D eigenvalue weighted by Crippen LogP contribution is -2.21. The summed E-state index contributed by atoms with van der Waals surface area (Å²) in [5.74, 6) is 0. The molecule has 2 rings (SSSR count). The van der Waals surface area contributed by atoms with Gasteiger partial charge in [0.15, 0.2) is 0 Å². The number of anilines is 1. The molecule has 0 radical (unpaired) electrons. The smallest absolute Gasteiger partial charge is 0.103 e. The van der Waals surface area contributed by atoms with Gasteiger partial charge in [0.1, 0.15) is 4.99 Å². The number of hydrogen-bond donors (Lipinski definition) is 1. The van der Waals surface area contributed by atoms with Gasteiger partial charge in [-0.15, -0.1) is 11.3 Å². The lowest BCUT2D eigenvalue weighted by Gasteiger charge is -2.22. The Morgan fingerprint density at radius 1 is 1.28 bits per heavy atom. The highest BCUT2D eigenvalue weighted by atomic mass is 32.1. The number of nitrogens with zero attached hydrogens (tertiary/aromatic N) is 1. The lowest BCUT2D eigenvalue weighted by atomic mass is 10.2. The van der Waals surface area contributed by atoms with Crippen molar-refractivity contribution in [3.05, 3.63) is 52.2 Å². The van der Waals surface area contributed by atoms with Crippen molar-refractivity contribution < 1.29 is 0 Å². The largest absolute Gasteiger partial charge is 0.389 e. The van der Waals surface area contributed by atoms with Crippen LogP contribution in [0.5, 0.6) is 0 Å². The minimum Gasteiger partial charge on any atom is -0.389 e. The Morgan fingerprint density at radius 2 is 2.00 bits per heavy atom. The summed E-state index contributed by atoms with van der Waals surface area (Å²) in [6.07, 6.45) is 0. The van der Waals surface area contributed by atoms with Crippen LogP contribution in [0, 0.1) is 0 Å². The predicted molar refractivity (Wildman–Crippen MR) is 83.4 cm³/mol. The highest BCUT2D eigenvalue weighted by Gasteiger charge is 2.06. The van der Waals surface area contributed by atoms with Gasteiger partial charge in [-0.2, -0.15) is 0 Å². The first kappa shape index (κ1) is 13.1. The summed E-state index contributed by atoms with van der Waals surface area (Å²) >= 11 is 6.75. The minimum atomic E-state index is 0.447. The molecule has 0 atom stereocenters. The van der Waals surface area contributed by atoms with Gasteiger partial charge in [0.05, 0.1) is 6.54 Å². The summed E-state index contributed by atoms with van der Waals surface area (Å²) in [7, 11) is 0. The second kappa shape index (κ2) is 5.98. The van der Waals surface area contributed by atoms with Crippen molar-refractivity contribution in [1.29, 1.82) is 0 Å². The number of thiophene rings is 1. The van der Waals surface area contributed by atoms with Gasteiger partial charge < -0.3 is 10.6 Å². The van der Waals surface area contributed by atoms with E-state index in [1.165, 1.54) is 10.6 Å². The first-order valence-corrected chi connectivity index (χ1v) is 7.16. The quantitative estimate of drug-likeness (QED) is 0.849. The first-order valence-electron chi connectivity index (χ1n) is 5.88. The van der Waals surface area contributed by atoms with Gasteiger partial charge in [0.2, 0.25) is 0 Å². The Morgan fingerprint density at radius 3 is 2.50 bits per heavy atom. The number of thiocarbonyl (C=S) groups is 1. The van der Waals surface area contributed by atoms with E-state index in [-0.39, 0.29) is 0 Å². The SMILES string of the molecule is CCN(Cc1cccs1)c1ccc(C(N)=S)cc1. The summed E-state index contributed by atoms with van der Waals surface area (Å²) in [5, 5.41) is 2.11. The molecule has 2 N–H and O–H groups in total. The van der Waals surface area contributed by atoms with Crippen molar-refractivity contribution >= 4 is 34.2 Å². The first-order chi connectivity index (χ1) is 8.70. The zero-order valence-electron chi connectivity index (χ0n) is 10.3. The molecule has 1 aromatic heterocycles. The standard InChI is InChI=1S/C14H16N2S2/c1-2-16(10-13-4-3-9-18-13)12-7-5-11(6-8-12)14(15)17/h3-9H,2,10H2,1H3,(H2,15,17). The predicted octanol–water partition coefficient (Wildman–Crippen LogP) is 3.41. The number of rotatable bonds is 5. The Balaban J connectivity index is 2.14. The summed E-state index contributed by atoms with van der Waals surface area (Å²) in [6, 6.07) is 12.4. The minimum absolute atomic E-state index is 0.447. The van der Waals surface area contributed by atoms with Crippen molar-refractivity contribution in [2.24, 2.45) is 5.73 Å². The normalized spacial score (nSPS) is 10.3. The van der Waals surface area contributed by atoms with Crippen molar-refractivity contribution in [1.82, 2.24) is 0 Å². The van der Waals surface area contributed by atoms with Gasteiger partial charge in [-0.1, -0.05) is 18.3 Å². The summed E-state index contributed by atoms with van der Waals surface area (Å²) in [5.41, 5.74) is 7.72. The van der Waals surface area contributed by atoms with E-state index in [0.717, 1.165) is 18.7 Å². The van der Waals surface area contributed by atoms with E-state index in [1.807, 2.05) is 12.1 Å². The van der Waals surface area contributed by atoms with Gasteiger partial charge in [-0.25, -0.2) is 0 Å². The molecule has 0 amide bonds. The van der Waals surface area contributed by atoms with Gasteiger partial charge in [-0.3, -0.25) is 0 Å². The van der Waals surface area contributed by atoms with E-state index in [0.29, 0.717) is 4.99 Å². The zero-order valence-corrected chi connectivity index (χ0v) is 11.9. The van der Waals surface area contributed by atoms with Crippen LogP contribution in [0.15, 0.2) is 41.8 Å². The highest BCUT2D eigenvalue weighted by molar-refractivity contribution is 7.80. The van der Waals surface area contributed by atoms with Gasteiger partial charge in [0, 0.05) is 22.7 Å². The summed E-state index contributed by atoms with van der Waals surface area (Å²) < 4.78 is 0.